The lowest BCUT2D eigenvalue weighted by molar-refractivity contribution is 0.335. The highest BCUT2D eigenvalue weighted by Gasteiger charge is 2.14. The molecular weight excluding hydrogens is 152 g/mol. The maximum Gasteiger partial charge on any atom is 0.223 e. The lowest BCUT2D eigenvalue weighted by atomic mass is 10.1. The molecule has 0 fully saturated rings. The summed E-state index contributed by atoms with van der Waals surface area (Å²) in [5.74, 6) is 0.217. The molecule has 2 rings (SSSR count). The average molecular weight is 160 g/mol. The topological polar surface area (TPSA) is 45.4 Å². The van der Waals surface area contributed by atoms with Gasteiger partial charge in [-0.1, -0.05) is 35.5 Å². The maximum atomic E-state index is 7.19. The predicted molar refractivity (Wildman–Crippen MR) is 46.4 cm³/mol. The van der Waals surface area contributed by atoms with Gasteiger partial charge in [-0.15, -0.1) is 0 Å². The normalized spacial score (nSPS) is 15.7. The van der Waals surface area contributed by atoms with Crippen LogP contribution in [0.1, 0.15) is 12.0 Å². The number of oxime groups is 1. The number of nitrogens with zero attached hydrogens (tertiary/aromatic N) is 1. The first kappa shape index (κ1) is 7.03. The summed E-state index contributed by atoms with van der Waals surface area (Å²) in [6.07, 6.45) is 0.504. The largest absolute Gasteiger partial charge is 0.341 e. The van der Waals surface area contributed by atoms with Crippen LogP contribution < -0.4 is 0 Å². The molecule has 3 nitrogen and oxygen atoms in total. The Kier molecular flexibility index (Phi) is 1.63. The Morgan fingerprint density at radius 1 is 1.25 bits per heavy atom. The minimum atomic E-state index is 0.217. The minimum absolute atomic E-state index is 0.217. The van der Waals surface area contributed by atoms with E-state index in [1.54, 1.807) is 0 Å². The van der Waals surface area contributed by atoms with Crippen LogP contribution in [0.4, 0.5) is 0 Å². The Morgan fingerprint density at radius 3 is 2.58 bits per heavy atom. The van der Waals surface area contributed by atoms with Crippen molar-refractivity contribution in [3.05, 3.63) is 35.9 Å². The zero-order valence-corrected chi connectivity index (χ0v) is 6.45. The van der Waals surface area contributed by atoms with Crippen molar-refractivity contribution in [1.29, 1.82) is 5.41 Å². The van der Waals surface area contributed by atoms with Gasteiger partial charge in [0.25, 0.3) is 0 Å². The van der Waals surface area contributed by atoms with Gasteiger partial charge in [0.1, 0.15) is 0 Å². The van der Waals surface area contributed by atoms with E-state index in [1.807, 2.05) is 30.3 Å². The van der Waals surface area contributed by atoms with E-state index in [0.717, 1.165) is 11.3 Å². The summed E-state index contributed by atoms with van der Waals surface area (Å²) in [5.41, 5.74) is 1.86. The van der Waals surface area contributed by atoms with E-state index in [-0.39, 0.29) is 5.90 Å². The second-order valence-corrected chi connectivity index (χ2v) is 2.60. The third kappa shape index (κ3) is 1.21. The van der Waals surface area contributed by atoms with Crippen LogP contribution in [-0.4, -0.2) is 11.6 Å². The number of nitrogens with one attached hydrogen (secondary N) is 1. The summed E-state index contributed by atoms with van der Waals surface area (Å²) >= 11 is 0. The third-order valence-electron chi connectivity index (χ3n) is 1.70. The number of hydrogen-bond donors (Lipinski definition) is 1. The van der Waals surface area contributed by atoms with Gasteiger partial charge in [-0.05, 0) is 5.56 Å². The van der Waals surface area contributed by atoms with Gasteiger partial charge >= 0.3 is 0 Å². The van der Waals surface area contributed by atoms with E-state index in [2.05, 4.69) is 5.16 Å². The Balaban J connectivity index is 2.28. The lowest BCUT2D eigenvalue weighted by Gasteiger charge is -1.94. The van der Waals surface area contributed by atoms with Crippen molar-refractivity contribution in [2.45, 2.75) is 6.42 Å². The fourth-order valence-electron chi connectivity index (χ4n) is 1.11. The molecule has 0 aromatic heterocycles. The Bertz CT molecular complexity index is 330. The molecular formula is C9H8N2O. The van der Waals surface area contributed by atoms with Crippen molar-refractivity contribution in [1.82, 2.24) is 0 Å². The summed E-state index contributed by atoms with van der Waals surface area (Å²) in [6.45, 7) is 0. The zero-order chi connectivity index (χ0) is 8.39. The fraction of sp³-hybridized carbons (Fsp3) is 0.111. The third-order valence-corrected chi connectivity index (χ3v) is 1.70. The summed E-state index contributed by atoms with van der Waals surface area (Å²) in [6, 6.07) is 9.76. The molecule has 0 saturated heterocycles. The second-order valence-electron chi connectivity index (χ2n) is 2.60. The molecule has 0 amide bonds. The molecule has 1 aromatic rings. The monoisotopic (exact) mass is 160 g/mol. The highest BCUT2D eigenvalue weighted by atomic mass is 16.6. The van der Waals surface area contributed by atoms with Gasteiger partial charge in [0.2, 0.25) is 5.90 Å². The molecule has 0 unspecified atom stereocenters. The molecule has 0 atom stereocenters. The van der Waals surface area contributed by atoms with Crippen molar-refractivity contribution in [2.24, 2.45) is 5.16 Å². The van der Waals surface area contributed by atoms with E-state index in [0.29, 0.717) is 6.42 Å². The maximum absolute atomic E-state index is 7.19. The summed E-state index contributed by atoms with van der Waals surface area (Å²) in [5, 5.41) is 11.0. The van der Waals surface area contributed by atoms with Crippen molar-refractivity contribution < 1.29 is 4.84 Å². The van der Waals surface area contributed by atoms with Gasteiger partial charge in [-0.2, -0.15) is 0 Å². The van der Waals surface area contributed by atoms with Crippen LogP contribution in [-0.2, 0) is 4.84 Å². The lowest BCUT2D eigenvalue weighted by Crippen LogP contribution is -1.99. The van der Waals surface area contributed by atoms with Crippen LogP contribution in [0.25, 0.3) is 0 Å². The Labute approximate surface area is 70.2 Å². The molecule has 3 heteroatoms. The number of rotatable bonds is 1. The van der Waals surface area contributed by atoms with E-state index < -0.39 is 0 Å². The van der Waals surface area contributed by atoms with Gasteiger partial charge in [0.15, 0.2) is 0 Å². The summed E-state index contributed by atoms with van der Waals surface area (Å²) < 4.78 is 0. The van der Waals surface area contributed by atoms with Crippen LogP contribution >= 0.6 is 0 Å². The van der Waals surface area contributed by atoms with Crippen molar-refractivity contribution in [3.8, 4) is 0 Å². The molecule has 1 aromatic carbocycles. The summed E-state index contributed by atoms with van der Waals surface area (Å²) in [4.78, 5) is 4.69. The molecule has 0 bridgehead atoms. The standard InChI is InChI=1S/C9H8N2O/c10-9-6-8(11-12-9)7-4-2-1-3-5-7/h1-5,10H,6H2. The van der Waals surface area contributed by atoms with Crippen LogP contribution in [0, 0.1) is 5.41 Å². The van der Waals surface area contributed by atoms with Crippen LogP contribution in [0.3, 0.4) is 0 Å². The fourth-order valence-corrected chi connectivity index (χ4v) is 1.11. The first-order valence-electron chi connectivity index (χ1n) is 3.73. The SMILES string of the molecule is N=C1CC(c2ccccc2)=NO1. The molecule has 0 aliphatic carbocycles. The molecule has 12 heavy (non-hydrogen) atoms. The highest BCUT2D eigenvalue weighted by molar-refractivity contribution is 6.12. The average Bonchev–Trinajstić information content (AvgIpc) is 2.54. The first-order chi connectivity index (χ1) is 5.86. The number of benzene rings is 1. The van der Waals surface area contributed by atoms with Crippen LogP contribution in [0.2, 0.25) is 0 Å². The van der Waals surface area contributed by atoms with E-state index in [4.69, 9.17) is 10.2 Å². The van der Waals surface area contributed by atoms with E-state index in [1.165, 1.54) is 0 Å². The van der Waals surface area contributed by atoms with Crippen molar-refractivity contribution >= 4 is 11.6 Å². The van der Waals surface area contributed by atoms with Crippen LogP contribution in [0.15, 0.2) is 35.5 Å². The summed E-state index contributed by atoms with van der Waals surface area (Å²) in [7, 11) is 0. The molecule has 1 heterocycles. The first-order valence-corrected chi connectivity index (χ1v) is 3.73. The quantitative estimate of drug-likeness (QED) is 0.668. The van der Waals surface area contributed by atoms with Gasteiger partial charge in [-0.25, -0.2) is 0 Å². The molecule has 1 aliphatic rings. The van der Waals surface area contributed by atoms with E-state index >= 15 is 0 Å². The van der Waals surface area contributed by atoms with Gasteiger partial charge in [0, 0.05) is 0 Å². The Hall–Kier alpha value is -1.64. The molecule has 60 valence electrons. The molecule has 0 spiro atoms. The molecule has 0 saturated carbocycles. The second kappa shape index (κ2) is 2.77. The minimum Gasteiger partial charge on any atom is -0.341 e. The molecule has 0 radical (unpaired) electrons. The highest BCUT2D eigenvalue weighted by Crippen LogP contribution is 2.11. The smallest absolute Gasteiger partial charge is 0.223 e. The van der Waals surface area contributed by atoms with E-state index in [9.17, 15) is 0 Å². The zero-order valence-electron chi connectivity index (χ0n) is 6.45. The van der Waals surface area contributed by atoms with Crippen LogP contribution in [0.5, 0.6) is 0 Å². The Morgan fingerprint density at radius 2 is 2.00 bits per heavy atom. The van der Waals surface area contributed by atoms with Gasteiger partial charge in [-0.3, -0.25) is 5.41 Å². The number of hydrogen-bond acceptors (Lipinski definition) is 3. The van der Waals surface area contributed by atoms with Gasteiger partial charge < -0.3 is 4.84 Å². The molecule has 1 N–H and O–H groups in total. The predicted octanol–water partition coefficient (Wildman–Crippen LogP) is 1.79. The van der Waals surface area contributed by atoms with Crippen molar-refractivity contribution in [2.75, 3.05) is 0 Å². The van der Waals surface area contributed by atoms with Crippen molar-refractivity contribution in [3.63, 3.8) is 0 Å². The molecule has 1 aliphatic heterocycles. The van der Waals surface area contributed by atoms with Gasteiger partial charge in [0.05, 0.1) is 12.1 Å².